The van der Waals surface area contributed by atoms with Gasteiger partial charge in [-0.1, -0.05) is 6.07 Å². The molecule has 1 aromatic rings. The number of benzene rings is 1. The van der Waals surface area contributed by atoms with Gasteiger partial charge in [0, 0.05) is 11.6 Å². The van der Waals surface area contributed by atoms with Gasteiger partial charge in [0.15, 0.2) is 0 Å². The second-order valence-corrected chi connectivity index (χ2v) is 5.78. The van der Waals surface area contributed by atoms with Gasteiger partial charge in [-0.2, -0.15) is 0 Å². The van der Waals surface area contributed by atoms with Crippen molar-refractivity contribution in [3.05, 3.63) is 29.3 Å². The number of rotatable bonds is 4. The molecule has 0 radical (unpaired) electrons. The van der Waals surface area contributed by atoms with Gasteiger partial charge >= 0.3 is 5.97 Å². The van der Waals surface area contributed by atoms with Crippen molar-refractivity contribution in [1.82, 2.24) is 0 Å². The van der Waals surface area contributed by atoms with Gasteiger partial charge in [-0.25, -0.2) is 4.79 Å². The maximum absolute atomic E-state index is 12.2. The lowest BCUT2D eigenvalue weighted by Crippen LogP contribution is -2.29. The zero-order valence-electron chi connectivity index (χ0n) is 12.3. The van der Waals surface area contributed by atoms with E-state index >= 15 is 0 Å². The molecule has 0 saturated heterocycles. The molecule has 1 amide bonds. The highest BCUT2D eigenvalue weighted by Gasteiger charge is 2.25. The average Bonchev–Trinajstić information content (AvgIpc) is 2.49. The molecule has 1 aliphatic carbocycles. The lowest BCUT2D eigenvalue weighted by molar-refractivity contribution is -0.121. The number of hydrogen-bond donors (Lipinski definition) is 3. The van der Waals surface area contributed by atoms with Crippen molar-refractivity contribution in [2.45, 2.75) is 32.6 Å². The van der Waals surface area contributed by atoms with Crippen molar-refractivity contribution in [2.24, 2.45) is 17.6 Å². The van der Waals surface area contributed by atoms with Gasteiger partial charge in [-0.15, -0.1) is 0 Å². The highest BCUT2D eigenvalue weighted by molar-refractivity contribution is 5.95. The molecule has 114 valence electrons. The predicted molar refractivity (Wildman–Crippen MR) is 81.3 cm³/mol. The van der Waals surface area contributed by atoms with Gasteiger partial charge in [0.1, 0.15) is 0 Å². The number of nitrogens with two attached hydrogens (primary N) is 1. The Labute approximate surface area is 124 Å². The lowest BCUT2D eigenvalue weighted by atomic mass is 9.81. The number of carboxylic acid groups (broad SMARTS) is 1. The number of carbonyl (C=O) groups is 2. The molecule has 1 aromatic carbocycles. The number of aromatic carboxylic acids is 1. The minimum absolute atomic E-state index is 0.00220. The Kier molecular flexibility index (Phi) is 4.96. The summed E-state index contributed by atoms with van der Waals surface area (Å²) in [5, 5.41) is 11.9. The fraction of sp³-hybridized carbons (Fsp3) is 0.500. The van der Waals surface area contributed by atoms with Crippen LogP contribution in [0, 0.1) is 18.8 Å². The summed E-state index contributed by atoms with van der Waals surface area (Å²) in [4.78, 5) is 23.3. The van der Waals surface area contributed by atoms with Crippen LogP contribution in [0.2, 0.25) is 0 Å². The van der Waals surface area contributed by atoms with Crippen LogP contribution in [-0.4, -0.2) is 23.5 Å². The van der Waals surface area contributed by atoms with E-state index in [1.807, 2.05) is 0 Å². The summed E-state index contributed by atoms with van der Waals surface area (Å²) in [7, 11) is 0. The molecule has 5 heteroatoms. The quantitative estimate of drug-likeness (QED) is 0.794. The van der Waals surface area contributed by atoms with Crippen molar-refractivity contribution >= 4 is 17.6 Å². The number of nitrogens with one attached hydrogen (secondary N) is 1. The zero-order valence-corrected chi connectivity index (χ0v) is 12.3. The summed E-state index contributed by atoms with van der Waals surface area (Å²) in [6.07, 6.45) is 3.68. The molecule has 0 aromatic heterocycles. The number of amides is 1. The van der Waals surface area contributed by atoms with Crippen molar-refractivity contribution in [3.63, 3.8) is 0 Å². The van der Waals surface area contributed by atoms with E-state index in [0.717, 1.165) is 25.7 Å². The average molecular weight is 290 g/mol. The van der Waals surface area contributed by atoms with Gasteiger partial charge in [0.2, 0.25) is 5.91 Å². The van der Waals surface area contributed by atoms with E-state index in [4.69, 9.17) is 10.8 Å². The Morgan fingerprint density at radius 3 is 2.52 bits per heavy atom. The maximum Gasteiger partial charge on any atom is 0.336 e. The number of carboxylic acids is 1. The first kappa shape index (κ1) is 15.5. The highest BCUT2D eigenvalue weighted by atomic mass is 16.4. The largest absolute Gasteiger partial charge is 0.478 e. The monoisotopic (exact) mass is 290 g/mol. The van der Waals surface area contributed by atoms with E-state index in [1.54, 1.807) is 19.1 Å². The molecule has 0 aliphatic heterocycles. The molecule has 5 nitrogen and oxygen atoms in total. The Morgan fingerprint density at radius 1 is 1.29 bits per heavy atom. The van der Waals surface area contributed by atoms with E-state index < -0.39 is 5.97 Å². The number of carbonyl (C=O) groups excluding carboxylic acids is 1. The predicted octanol–water partition coefficient (Wildman–Crippen LogP) is 2.40. The lowest BCUT2D eigenvalue weighted by Gasteiger charge is -2.26. The van der Waals surface area contributed by atoms with Gasteiger partial charge in [0.05, 0.1) is 5.56 Å². The Hall–Kier alpha value is -1.88. The van der Waals surface area contributed by atoms with E-state index in [2.05, 4.69) is 5.32 Å². The molecule has 0 heterocycles. The first-order valence-electron chi connectivity index (χ1n) is 7.36. The summed E-state index contributed by atoms with van der Waals surface area (Å²) >= 11 is 0. The van der Waals surface area contributed by atoms with E-state index in [1.165, 1.54) is 6.07 Å². The van der Waals surface area contributed by atoms with Crippen LogP contribution in [0.3, 0.4) is 0 Å². The van der Waals surface area contributed by atoms with Crippen LogP contribution in [-0.2, 0) is 4.79 Å². The van der Waals surface area contributed by atoms with Crippen LogP contribution in [0.5, 0.6) is 0 Å². The highest BCUT2D eigenvalue weighted by Crippen LogP contribution is 2.29. The number of anilines is 1. The topological polar surface area (TPSA) is 92.4 Å². The maximum atomic E-state index is 12.2. The fourth-order valence-electron chi connectivity index (χ4n) is 2.83. The van der Waals surface area contributed by atoms with Crippen molar-refractivity contribution in [3.8, 4) is 0 Å². The van der Waals surface area contributed by atoms with E-state index in [0.29, 0.717) is 23.7 Å². The molecule has 1 aliphatic rings. The molecule has 0 unspecified atom stereocenters. The van der Waals surface area contributed by atoms with Crippen LogP contribution >= 0.6 is 0 Å². The SMILES string of the molecule is Cc1ccc(NC(=O)C2CCC(CN)CC2)cc1C(=O)O. The molecular formula is C16H22N2O3. The van der Waals surface area contributed by atoms with Gasteiger partial charge in [-0.05, 0) is 62.8 Å². The standard InChI is InChI=1S/C16H22N2O3/c1-10-2-7-13(8-14(10)16(20)21)18-15(19)12-5-3-11(9-17)4-6-12/h2,7-8,11-12H,3-6,9,17H2,1H3,(H,18,19)(H,20,21). The molecule has 0 bridgehead atoms. The molecule has 2 rings (SSSR count). The Morgan fingerprint density at radius 2 is 1.95 bits per heavy atom. The molecule has 1 fully saturated rings. The zero-order chi connectivity index (χ0) is 15.4. The summed E-state index contributed by atoms with van der Waals surface area (Å²) in [5.41, 5.74) is 7.10. The third-order valence-corrected chi connectivity index (χ3v) is 4.29. The first-order chi connectivity index (χ1) is 10.0. The molecule has 0 spiro atoms. The molecule has 1 saturated carbocycles. The van der Waals surface area contributed by atoms with Crippen LogP contribution < -0.4 is 11.1 Å². The second-order valence-electron chi connectivity index (χ2n) is 5.78. The van der Waals surface area contributed by atoms with Crippen LogP contribution in [0.4, 0.5) is 5.69 Å². The Balaban J connectivity index is 2.00. The Bertz CT molecular complexity index is 534. The minimum Gasteiger partial charge on any atom is -0.478 e. The van der Waals surface area contributed by atoms with Gasteiger partial charge < -0.3 is 16.2 Å². The summed E-state index contributed by atoms with van der Waals surface area (Å²) < 4.78 is 0. The first-order valence-corrected chi connectivity index (χ1v) is 7.36. The molecule has 21 heavy (non-hydrogen) atoms. The third kappa shape index (κ3) is 3.82. The van der Waals surface area contributed by atoms with Crippen molar-refractivity contribution in [1.29, 1.82) is 0 Å². The molecular weight excluding hydrogens is 268 g/mol. The van der Waals surface area contributed by atoms with Gasteiger partial charge in [0.25, 0.3) is 0 Å². The number of aryl methyl sites for hydroxylation is 1. The smallest absolute Gasteiger partial charge is 0.336 e. The van der Waals surface area contributed by atoms with Crippen molar-refractivity contribution < 1.29 is 14.7 Å². The third-order valence-electron chi connectivity index (χ3n) is 4.29. The van der Waals surface area contributed by atoms with E-state index in [9.17, 15) is 9.59 Å². The fourth-order valence-corrected chi connectivity index (χ4v) is 2.83. The van der Waals surface area contributed by atoms with Gasteiger partial charge in [-0.3, -0.25) is 4.79 Å². The summed E-state index contributed by atoms with van der Waals surface area (Å²) in [6.45, 7) is 2.43. The van der Waals surface area contributed by atoms with Crippen LogP contribution in [0.1, 0.15) is 41.6 Å². The van der Waals surface area contributed by atoms with E-state index in [-0.39, 0.29) is 17.4 Å². The molecule has 0 atom stereocenters. The summed E-state index contributed by atoms with van der Waals surface area (Å²) in [5.74, 6) is -0.466. The van der Waals surface area contributed by atoms with Crippen LogP contribution in [0.15, 0.2) is 18.2 Å². The van der Waals surface area contributed by atoms with Crippen molar-refractivity contribution in [2.75, 3.05) is 11.9 Å². The second kappa shape index (κ2) is 6.72. The number of hydrogen-bond acceptors (Lipinski definition) is 3. The minimum atomic E-state index is -0.980. The normalized spacial score (nSPS) is 21.8. The molecule has 4 N–H and O–H groups in total. The summed E-state index contributed by atoms with van der Waals surface area (Å²) in [6, 6.07) is 4.97. The van der Waals surface area contributed by atoms with Crippen LogP contribution in [0.25, 0.3) is 0 Å².